The Morgan fingerprint density at radius 2 is 1.33 bits per heavy atom. The van der Waals surface area contributed by atoms with Crippen LogP contribution in [0.4, 0.5) is 9.59 Å². The van der Waals surface area contributed by atoms with E-state index in [1.54, 1.807) is 0 Å². The molecule has 0 saturated carbocycles. The van der Waals surface area contributed by atoms with Crippen LogP contribution < -0.4 is 0 Å². The molecule has 0 amide bonds. The van der Waals surface area contributed by atoms with Crippen LogP contribution >= 0.6 is 0 Å². The molecule has 0 bridgehead atoms. The molecule has 0 spiro atoms. The predicted molar refractivity (Wildman–Crippen MR) is 33.1 cm³/mol. The second-order valence-electron chi connectivity index (χ2n) is 0.634. The van der Waals surface area contributed by atoms with Crippen molar-refractivity contribution in [3.8, 4) is 0 Å². The van der Waals surface area contributed by atoms with E-state index in [-0.39, 0.29) is 81.2 Å². The summed E-state index contributed by atoms with van der Waals surface area (Å²) in [7, 11) is 0. The fourth-order valence-corrected chi connectivity index (χ4v) is 0.0747. The van der Waals surface area contributed by atoms with Crippen LogP contribution in [0.25, 0.3) is 0 Å². The average Bonchev–Trinajstić information content (AvgIpc) is 1.27. The van der Waals surface area contributed by atoms with Gasteiger partial charge in [0.15, 0.2) is 0 Å². The number of hydrogen-bond acceptors (Lipinski definition) is 3. The molecule has 0 heterocycles. The van der Waals surface area contributed by atoms with Crippen molar-refractivity contribution in [2.45, 2.75) is 0 Å². The number of carboxylic acid groups (broad SMARTS) is 2. The standard InChI is InChI=1S/C2H2O5.2Ca.4H/c3-1(4)7-2(5)6;;;;;;/h(H,3,4)(H,5,6);;;;;;/q;2*+2;4*-1. The maximum Gasteiger partial charge on any atom is 2.00 e. The van der Waals surface area contributed by atoms with Gasteiger partial charge in [-0.25, -0.2) is 9.59 Å². The molecular weight excluding hydrogens is 184 g/mol. The van der Waals surface area contributed by atoms with Crippen LogP contribution in [0.5, 0.6) is 0 Å². The first kappa shape index (κ1) is 16.7. The third-order valence-corrected chi connectivity index (χ3v) is 0.175. The summed E-state index contributed by atoms with van der Waals surface area (Å²) in [6, 6.07) is 0. The molecule has 9 heavy (non-hydrogen) atoms. The fraction of sp³-hybridized carbons (Fsp3) is 0. The second kappa shape index (κ2) is 9.26. The molecule has 0 aliphatic carbocycles. The topological polar surface area (TPSA) is 83.8 Å². The van der Waals surface area contributed by atoms with Crippen molar-refractivity contribution in [1.82, 2.24) is 0 Å². The molecule has 0 aliphatic heterocycles. The largest absolute Gasteiger partial charge is 2.00 e. The molecule has 0 radical (unpaired) electrons. The molecule has 2 N–H and O–H groups in total. The average molecular weight is 190 g/mol. The molecule has 0 aromatic heterocycles. The second-order valence-corrected chi connectivity index (χ2v) is 0.634. The van der Waals surface area contributed by atoms with Gasteiger partial charge < -0.3 is 20.7 Å². The van der Waals surface area contributed by atoms with Gasteiger partial charge in [-0.1, -0.05) is 0 Å². The van der Waals surface area contributed by atoms with Crippen molar-refractivity contribution in [1.29, 1.82) is 0 Å². The van der Waals surface area contributed by atoms with E-state index in [0.29, 0.717) is 0 Å². The van der Waals surface area contributed by atoms with Crippen LogP contribution in [0.2, 0.25) is 0 Å². The molecular formula is C2H6Ca2O5. The Hall–Kier alpha value is 1.26. The zero-order valence-corrected chi connectivity index (χ0v) is 8.95. The minimum Gasteiger partial charge on any atom is -1.00 e. The van der Waals surface area contributed by atoms with E-state index < -0.39 is 12.3 Å². The molecule has 7 heteroatoms. The van der Waals surface area contributed by atoms with Gasteiger partial charge in [-0.3, -0.25) is 0 Å². The van der Waals surface area contributed by atoms with Gasteiger partial charge in [-0.15, -0.1) is 0 Å². The van der Waals surface area contributed by atoms with Gasteiger partial charge >= 0.3 is 87.8 Å². The summed E-state index contributed by atoms with van der Waals surface area (Å²) in [6.07, 6.45) is -3.62. The van der Waals surface area contributed by atoms with E-state index in [0.717, 1.165) is 0 Å². The number of carbonyl (C=O) groups is 2. The van der Waals surface area contributed by atoms with E-state index in [1.165, 1.54) is 0 Å². The van der Waals surface area contributed by atoms with Gasteiger partial charge in [0, 0.05) is 0 Å². The molecule has 48 valence electrons. The fourth-order valence-electron chi connectivity index (χ4n) is 0.0747. The summed E-state index contributed by atoms with van der Waals surface area (Å²) in [6.45, 7) is 0. The molecule has 0 fully saturated rings. The van der Waals surface area contributed by atoms with Gasteiger partial charge in [0.2, 0.25) is 0 Å². The van der Waals surface area contributed by atoms with Crippen LogP contribution in [0, 0.1) is 0 Å². The van der Waals surface area contributed by atoms with Crippen LogP contribution in [-0.4, -0.2) is 98.0 Å². The number of rotatable bonds is 0. The number of ether oxygens (including phenoxy) is 1. The maximum atomic E-state index is 9.21. The number of hydrogen-bond donors (Lipinski definition) is 2. The molecule has 0 saturated heterocycles. The third kappa shape index (κ3) is 17.6. The summed E-state index contributed by atoms with van der Waals surface area (Å²) in [5.74, 6) is 0. The Morgan fingerprint density at radius 1 is 1.11 bits per heavy atom. The van der Waals surface area contributed by atoms with Crippen molar-refractivity contribution < 1.29 is 30.2 Å². The smallest absolute Gasteiger partial charge is 1.00 e. The van der Waals surface area contributed by atoms with Crippen LogP contribution in [0.1, 0.15) is 5.71 Å². The SMILES string of the molecule is O=C(O)OC(=O)O.[Ca+2].[Ca+2].[H-].[H-].[H-].[H-]. The predicted octanol–water partition coefficient (Wildman–Crippen LogP) is 0.0474. The van der Waals surface area contributed by atoms with Crippen molar-refractivity contribution in [2.75, 3.05) is 0 Å². The zero-order chi connectivity index (χ0) is 5.86. The molecule has 5 nitrogen and oxygen atoms in total. The summed E-state index contributed by atoms with van der Waals surface area (Å²) in [5.41, 5.74) is 0. The van der Waals surface area contributed by atoms with E-state index in [4.69, 9.17) is 10.2 Å². The molecule has 0 aromatic rings. The van der Waals surface area contributed by atoms with Gasteiger partial charge in [0.1, 0.15) is 0 Å². The van der Waals surface area contributed by atoms with Crippen molar-refractivity contribution in [3.05, 3.63) is 0 Å². The first-order chi connectivity index (χ1) is 3.13. The van der Waals surface area contributed by atoms with Crippen molar-refractivity contribution in [2.24, 2.45) is 0 Å². The molecule has 0 unspecified atom stereocenters. The molecule has 0 aromatic carbocycles. The van der Waals surface area contributed by atoms with Crippen molar-refractivity contribution in [3.63, 3.8) is 0 Å². The van der Waals surface area contributed by atoms with E-state index in [9.17, 15) is 9.59 Å². The first-order valence-corrected chi connectivity index (χ1v) is 1.26. The van der Waals surface area contributed by atoms with Gasteiger partial charge in [0.25, 0.3) is 0 Å². The molecule has 0 rings (SSSR count). The van der Waals surface area contributed by atoms with E-state index >= 15 is 0 Å². The zero-order valence-electron chi connectivity index (χ0n) is 8.53. The monoisotopic (exact) mass is 190 g/mol. The normalized spacial score (nSPS) is 5.78. The van der Waals surface area contributed by atoms with Crippen LogP contribution in [0.15, 0.2) is 0 Å². The minimum absolute atomic E-state index is 0. The van der Waals surface area contributed by atoms with Crippen LogP contribution in [0.3, 0.4) is 0 Å². The third-order valence-electron chi connectivity index (χ3n) is 0.175. The molecule has 0 aliphatic rings. The summed E-state index contributed by atoms with van der Waals surface area (Å²) >= 11 is 0. The van der Waals surface area contributed by atoms with E-state index in [2.05, 4.69) is 4.74 Å². The Balaban J connectivity index is -0.0000000120. The van der Waals surface area contributed by atoms with Gasteiger partial charge in [-0.05, 0) is 0 Å². The first-order valence-electron chi connectivity index (χ1n) is 1.26. The Morgan fingerprint density at radius 3 is 1.33 bits per heavy atom. The van der Waals surface area contributed by atoms with E-state index in [1.807, 2.05) is 0 Å². The van der Waals surface area contributed by atoms with Crippen LogP contribution in [-0.2, 0) is 4.74 Å². The maximum absolute atomic E-state index is 9.21. The minimum atomic E-state index is -1.81. The Labute approximate surface area is 116 Å². The molecule has 0 atom stereocenters. The van der Waals surface area contributed by atoms with Crippen molar-refractivity contribution >= 4 is 87.8 Å². The quantitative estimate of drug-likeness (QED) is 0.320. The van der Waals surface area contributed by atoms with Gasteiger partial charge in [-0.2, -0.15) is 0 Å². The van der Waals surface area contributed by atoms with Gasteiger partial charge in [0.05, 0.1) is 0 Å². The Kier molecular flexibility index (Phi) is 17.2. The summed E-state index contributed by atoms with van der Waals surface area (Å²) in [4.78, 5) is 18.4. The summed E-state index contributed by atoms with van der Waals surface area (Å²) in [5, 5.41) is 15.0. The summed E-state index contributed by atoms with van der Waals surface area (Å²) < 4.78 is 3.08. The Bertz CT molecular complexity index is 101.